The first kappa shape index (κ1) is 15.7. The van der Waals surface area contributed by atoms with Crippen molar-refractivity contribution in [1.82, 2.24) is 0 Å². The lowest BCUT2D eigenvalue weighted by Crippen LogP contribution is -2.37. The number of Topliss-reactive ketones (excluding diaryl/α,β-unsaturated/α-hetero) is 1. The molecule has 0 atom stereocenters. The lowest BCUT2D eigenvalue weighted by atomic mass is 9.86. The van der Waals surface area contributed by atoms with Crippen LogP contribution >= 0.6 is 0 Å². The first-order valence-electron chi connectivity index (χ1n) is 5.84. The quantitative estimate of drug-likeness (QED) is 0.760. The number of ketones is 1. The molecule has 19 heavy (non-hydrogen) atoms. The molecule has 5 heteroatoms. The van der Waals surface area contributed by atoms with Crippen LogP contribution in [0.2, 0.25) is 0 Å². The Labute approximate surface area is 109 Å². The first-order chi connectivity index (χ1) is 8.55. The predicted octanol–water partition coefficient (Wildman–Crippen LogP) is 4.00. The van der Waals surface area contributed by atoms with Crippen molar-refractivity contribution in [2.24, 2.45) is 0 Å². The molecule has 0 N–H and O–H groups in total. The third-order valence-electron chi connectivity index (χ3n) is 2.83. The summed E-state index contributed by atoms with van der Waals surface area (Å²) in [6.07, 6.45) is -4.66. The normalized spacial score (nSPS) is 12.8. The fourth-order valence-corrected chi connectivity index (χ4v) is 1.55. The second-order valence-corrected chi connectivity index (χ2v) is 5.47. The number of rotatable bonds is 4. The van der Waals surface area contributed by atoms with Gasteiger partial charge >= 0.3 is 12.3 Å². The van der Waals surface area contributed by atoms with Crippen molar-refractivity contribution in [2.75, 3.05) is 0 Å². The van der Waals surface area contributed by atoms with Crippen LogP contribution in [0.4, 0.5) is 17.6 Å². The molecule has 1 aromatic carbocycles. The van der Waals surface area contributed by atoms with Crippen molar-refractivity contribution in [3.8, 4) is 0 Å². The molecule has 1 aromatic rings. The van der Waals surface area contributed by atoms with E-state index in [9.17, 15) is 22.4 Å². The van der Waals surface area contributed by atoms with E-state index in [-0.39, 0.29) is 5.41 Å². The molecule has 0 unspecified atom stereocenters. The van der Waals surface area contributed by atoms with Gasteiger partial charge in [-0.15, -0.1) is 0 Å². The third-order valence-corrected chi connectivity index (χ3v) is 2.83. The summed E-state index contributed by atoms with van der Waals surface area (Å²) in [6, 6.07) is 6.45. The molecule has 0 aliphatic heterocycles. The van der Waals surface area contributed by atoms with Crippen LogP contribution in [0.3, 0.4) is 0 Å². The summed E-state index contributed by atoms with van der Waals surface area (Å²) < 4.78 is 49.6. The van der Waals surface area contributed by atoms with Gasteiger partial charge in [-0.2, -0.15) is 8.78 Å². The minimum absolute atomic E-state index is 0.102. The summed E-state index contributed by atoms with van der Waals surface area (Å²) in [5.74, 6) is -6.34. The number of carbonyl (C=O) groups excluding carboxylic acids is 1. The number of halogens is 4. The van der Waals surface area contributed by atoms with Crippen LogP contribution in [0.1, 0.15) is 31.9 Å². The van der Waals surface area contributed by atoms with Gasteiger partial charge in [0.15, 0.2) is 0 Å². The maximum atomic E-state index is 12.8. The highest BCUT2D eigenvalue weighted by atomic mass is 19.3. The van der Waals surface area contributed by atoms with Crippen molar-refractivity contribution in [2.45, 2.75) is 45.0 Å². The topological polar surface area (TPSA) is 17.1 Å². The standard InChI is InChI=1S/C14H16F4O/c1-13(2,3)10-6-4-9(5-7-10)8-11(19)14(17,18)12(15)16/h4-7,12H,8H2,1-3H3. The predicted molar refractivity (Wildman–Crippen MR) is 64.8 cm³/mol. The van der Waals surface area contributed by atoms with Crippen LogP contribution in [-0.4, -0.2) is 18.1 Å². The van der Waals surface area contributed by atoms with Crippen molar-refractivity contribution in [1.29, 1.82) is 0 Å². The minimum atomic E-state index is -4.58. The van der Waals surface area contributed by atoms with Gasteiger partial charge < -0.3 is 0 Å². The molecule has 0 fully saturated rings. The van der Waals surface area contributed by atoms with Crippen LogP contribution in [0.15, 0.2) is 24.3 Å². The average molecular weight is 276 g/mol. The fraction of sp³-hybridized carbons (Fsp3) is 0.500. The van der Waals surface area contributed by atoms with Crippen LogP contribution in [0.25, 0.3) is 0 Å². The Morgan fingerprint density at radius 3 is 1.95 bits per heavy atom. The Bertz CT molecular complexity index is 444. The van der Waals surface area contributed by atoms with E-state index in [1.165, 1.54) is 12.1 Å². The van der Waals surface area contributed by atoms with Gasteiger partial charge in [0.1, 0.15) is 0 Å². The molecule has 0 saturated heterocycles. The molecule has 1 rings (SSSR count). The third kappa shape index (κ3) is 3.78. The molecule has 0 aromatic heterocycles. The summed E-state index contributed by atoms with van der Waals surface area (Å²) in [6.45, 7) is 5.95. The van der Waals surface area contributed by atoms with Crippen LogP contribution in [0.5, 0.6) is 0 Å². The molecule has 106 valence electrons. The van der Waals surface area contributed by atoms with Gasteiger partial charge in [-0.25, -0.2) is 8.78 Å². The summed E-state index contributed by atoms with van der Waals surface area (Å²) in [4.78, 5) is 11.1. The molecule has 0 aliphatic carbocycles. The van der Waals surface area contributed by atoms with Crippen LogP contribution < -0.4 is 0 Å². The summed E-state index contributed by atoms with van der Waals surface area (Å²) in [7, 11) is 0. The van der Waals surface area contributed by atoms with Crippen molar-refractivity contribution >= 4 is 5.78 Å². The smallest absolute Gasteiger partial charge is 0.292 e. The highest BCUT2D eigenvalue weighted by molar-refractivity contribution is 5.88. The van der Waals surface area contributed by atoms with Crippen LogP contribution in [0, 0.1) is 0 Å². The largest absolute Gasteiger partial charge is 0.364 e. The Hall–Kier alpha value is -1.39. The van der Waals surface area contributed by atoms with E-state index in [1.807, 2.05) is 20.8 Å². The maximum Gasteiger partial charge on any atom is 0.364 e. The number of benzene rings is 1. The molecule has 0 heterocycles. The molecule has 0 bridgehead atoms. The summed E-state index contributed by atoms with van der Waals surface area (Å²) >= 11 is 0. The molecular weight excluding hydrogens is 260 g/mol. The lowest BCUT2D eigenvalue weighted by Gasteiger charge is -2.19. The molecule has 0 spiro atoms. The fourth-order valence-electron chi connectivity index (χ4n) is 1.55. The van der Waals surface area contributed by atoms with E-state index in [0.717, 1.165) is 5.56 Å². The first-order valence-corrected chi connectivity index (χ1v) is 5.84. The minimum Gasteiger partial charge on any atom is -0.292 e. The van der Waals surface area contributed by atoms with Gasteiger partial charge in [0.25, 0.3) is 0 Å². The van der Waals surface area contributed by atoms with Crippen LogP contribution in [-0.2, 0) is 16.6 Å². The van der Waals surface area contributed by atoms with Crippen molar-refractivity contribution in [3.63, 3.8) is 0 Å². The summed E-state index contributed by atoms with van der Waals surface area (Å²) in [5.41, 5.74) is 1.18. The Balaban J connectivity index is 2.82. The molecule has 0 aliphatic rings. The van der Waals surface area contributed by atoms with Crippen molar-refractivity contribution < 1.29 is 22.4 Å². The average Bonchev–Trinajstić information content (AvgIpc) is 2.28. The number of hydrogen-bond donors (Lipinski definition) is 0. The van der Waals surface area contributed by atoms with E-state index in [2.05, 4.69) is 0 Å². The second kappa shape index (κ2) is 5.31. The SMILES string of the molecule is CC(C)(C)c1ccc(CC(=O)C(F)(F)C(F)F)cc1. The highest BCUT2D eigenvalue weighted by Crippen LogP contribution is 2.26. The van der Waals surface area contributed by atoms with Gasteiger partial charge in [-0.05, 0) is 16.5 Å². The van der Waals surface area contributed by atoms with Gasteiger partial charge in [0.2, 0.25) is 5.78 Å². The monoisotopic (exact) mass is 276 g/mol. The maximum absolute atomic E-state index is 12.8. The van der Waals surface area contributed by atoms with E-state index < -0.39 is 24.6 Å². The van der Waals surface area contributed by atoms with Gasteiger partial charge in [-0.3, -0.25) is 4.79 Å². The number of alkyl halides is 4. The van der Waals surface area contributed by atoms with Gasteiger partial charge in [0.05, 0.1) is 0 Å². The van der Waals surface area contributed by atoms with Crippen molar-refractivity contribution in [3.05, 3.63) is 35.4 Å². The number of carbonyl (C=O) groups is 1. The lowest BCUT2D eigenvalue weighted by molar-refractivity contribution is -0.166. The molecule has 0 saturated carbocycles. The summed E-state index contributed by atoms with van der Waals surface area (Å²) in [5, 5.41) is 0. The molecule has 0 amide bonds. The van der Waals surface area contributed by atoms with E-state index in [0.29, 0.717) is 5.56 Å². The van der Waals surface area contributed by atoms with Gasteiger partial charge in [0, 0.05) is 6.42 Å². The Morgan fingerprint density at radius 2 is 1.58 bits per heavy atom. The Kier molecular flexibility index (Phi) is 4.38. The second-order valence-electron chi connectivity index (χ2n) is 5.47. The zero-order chi connectivity index (χ0) is 14.8. The number of hydrogen-bond acceptors (Lipinski definition) is 1. The zero-order valence-corrected chi connectivity index (χ0v) is 11.0. The molecule has 0 radical (unpaired) electrons. The molecule has 1 nitrogen and oxygen atoms in total. The van der Waals surface area contributed by atoms with E-state index in [1.54, 1.807) is 12.1 Å². The van der Waals surface area contributed by atoms with E-state index >= 15 is 0 Å². The van der Waals surface area contributed by atoms with Gasteiger partial charge in [-0.1, -0.05) is 45.0 Å². The zero-order valence-electron chi connectivity index (χ0n) is 11.0. The Morgan fingerprint density at radius 1 is 1.11 bits per heavy atom. The van der Waals surface area contributed by atoms with E-state index in [4.69, 9.17) is 0 Å². The highest BCUT2D eigenvalue weighted by Gasteiger charge is 2.47. The molecular formula is C14H16F4O.